The molecule has 0 bridgehead atoms. The number of ether oxygens (including phenoxy) is 1. The van der Waals surface area contributed by atoms with Crippen LogP contribution in [0.5, 0.6) is 5.75 Å². The van der Waals surface area contributed by atoms with E-state index in [4.69, 9.17) is 4.74 Å². The highest BCUT2D eigenvalue weighted by Gasteiger charge is 2.30. The van der Waals surface area contributed by atoms with Crippen molar-refractivity contribution in [2.24, 2.45) is 5.92 Å². The molecule has 0 atom stereocenters. The molecule has 29 heavy (non-hydrogen) atoms. The van der Waals surface area contributed by atoms with Crippen molar-refractivity contribution in [3.63, 3.8) is 0 Å². The predicted octanol–water partition coefficient (Wildman–Crippen LogP) is 3.59. The summed E-state index contributed by atoms with van der Waals surface area (Å²) in [6.45, 7) is 9.81. The number of nitrogens with zero attached hydrogens (tertiary/aromatic N) is 1. The summed E-state index contributed by atoms with van der Waals surface area (Å²) in [5, 5.41) is 2.80. The van der Waals surface area contributed by atoms with E-state index in [-0.39, 0.29) is 29.0 Å². The quantitative estimate of drug-likeness (QED) is 0.711. The van der Waals surface area contributed by atoms with Gasteiger partial charge in [-0.1, -0.05) is 26.0 Å². The zero-order valence-electron chi connectivity index (χ0n) is 17.9. The number of methoxy groups -OCH3 is 1. The van der Waals surface area contributed by atoms with Crippen LogP contribution in [0, 0.1) is 26.7 Å². The van der Waals surface area contributed by atoms with E-state index in [1.807, 2.05) is 40.7 Å². The second kappa shape index (κ2) is 9.31. The van der Waals surface area contributed by atoms with Crippen LogP contribution in [0.15, 0.2) is 41.3 Å². The molecule has 1 amide bonds. The van der Waals surface area contributed by atoms with E-state index in [9.17, 15) is 13.2 Å². The summed E-state index contributed by atoms with van der Waals surface area (Å²) in [5.74, 6) is 0.154. The first-order valence-corrected chi connectivity index (χ1v) is 11.0. The number of sulfonamides is 1. The molecule has 0 saturated heterocycles. The normalized spacial score (nSPS) is 11.4. The van der Waals surface area contributed by atoms with E-state index in [2.05, 4.69) is 5.32 Å². The molecule has 0 aliphatic heterocycles. The standard InChI is InChI=1S/C22H30N2O4S/c1-15(2)13-23-22(25)14-24(19-9-8-17(4)18(5)12-19)29(26,27)21-11-16(3)7-10-20(21)28-6/h7-12,15H,13-14H2,1-6H3,(H,23,25). The first kappa shape index (κ1) is 22.7. The zero-order valence-corrected chi connectivity index (χ0v) is 18.8. The molecule has 0 saturated carbocycles. The summed E-state index contributed by atoms with van der Waals surface area (Å²) in [6, 6.07) is 10.3. The SMILES string of the molecule is COc1ccc(C)cc1S(=O)(=O)N(CC(=O)NCC(C)C)c1ccc(C)c(C)c1. The van der Waals surface area contributed by atoms with E-state index in [1.54, 1.807) is 30.3 Å². The van der Waals surface area contributed by atoms with Crippen LogP contribution < -0.4 is 14.4 Å². The van der Waals surface area contributed by atoms with Crippen molar-refractivity contribution in [3.8, 4) is 5.75 Å². The Balaban J connectivity index is 2.55. The predicted molar refractivity (Wildman–Crippen MR) is 116 cm³/mol. The van der Waals surface area contributed by atoms with Crippen LogP contribution >= 0.6 is 0 Å². The molecule has 0 aliphatic rings. The first-order chi connectivity index (χ1) is 13.6. The molecule has 0 heterocycles. The monoisotopic (exact) mass is 418 g/mol. The lowest BCUT2D eigenvalue weighted by atomic mass is 10.1. The van der Waals surface area contributed by atoms with Crippen LogP contribution in [-0.4, -0.2) is 34.5 Å². The largest absolute Gasteiger partial charge is 0.495 e. The van der Waals surface area contributed by atoms with Crippen LogP contribution in [-0.2, 0) is 14.8 Å². The molecule has 0 aromatic heterocycles. The lowest BCUT2D eigenvalue weighted by Gasteiger charge is -2.26. The average molecular weight is 419 g/mol. The second-order valence-corrected chi connectivity index (χ2v) is 9.46. The van der Waals surface area contributed by atoms with E-state index in [0.29, 0.717) is 12.2 Å². The van der Waals surface area contributed by atoms with Gasteiger partial charge in [-0.15, -0.1) is 0 Å². The fraction of sp³-hybridized carbons (Fsp3) is 0.409. The van der Waals surface area contributed by atoms with Gasteiger partial charge < -0.3 is 10.1 Å². The number of hydrogen-bond donors (Lipinski definition) is 1. The van der Waals surface area contributed by atoms with Crippen molar-refractivity contribution in [3.05, 3.63) is 53.1 Å². The Hall–Kier alpha value is -2.54. The third-order valence-electron chi connectivity index (χ3n) is 4.66. The lowest BCUT2D eigenvalue weighted by Crippen LogP contribution is -2.42. The molecule has 0 unspecified atom stereocenters. The fourth-order valence-corrected chi connectivity index (χ4v) is 4.46. The summed E-state index contributed by atoms with van der Waals surface area (Å²) >= 11 is 0. The number of benzene rings is 2. The fourth-order valence-electron chi connectivity index (χ4n) is 2.80. The summed E-state index contributed by atoms with van der Waals surface area (Å²) in [7, 11) is -2.61. The van der Waals surface area contributed by atoms with Gasteiger partial charge in [0.05, 0.1) is 12.8 Å². The van der Waals surface area contributed by atoms with Gasteiger partial charge in [0.15, 0.2) is 0 Å². The molecule has 6 nitrogen and oxygen atoms in total. The van der Waals surface area contributed by atoms with Crippen molar-refractivity contribution in [1.82, 2.24) is 5.32 Å². The van der Waals surface area contributed by atoms with Gasteiger partial charge in [-0.3, -0.25) is 9.10 Å². The number of rotatable bonds is 8. The van der Waals surface area contributed by atoms with E-state index >= 15 is 0 Å². The van der Waals surface area contributed by atoms with Crippen LogP contribution in [0.3, 0.4) is 0 Å². The van der Waals surface area contributed by atoms with Gasteiger partial charge in [0, 0.05) is 6.54 Å². The molecule has 2 rings (SSSR count). The summed E-state index contributed by atoms with van der Waals surface area (Å²) in [5.41, 5.74) is 3.22. The number of amides is 1. The van der Waals surface area contributed by atoms with Crippen molar-refractivity contribution >= 4 is 21.6 Å². The Morgan fingerprint density at radius 2 is 1.76 bits per heavy atom. The molecule has 0 radical (unpaired) electrons. The van der Waals surface area contributed by atoms with E-state index < -0.39 is 10.0 Å². The maximum Gasteiger partial charge on any atom is 0.268 e. The maximum atomic E-state index is 13.6. The van der Waals surface area contributed by atoms with E-state index in [0.717, 1.165) is 21.0 Å². The van der Waals surface area contributed by atoms with Crippen LogP contribution in [0.25, 0.3) is 0 Å². The highest BCUT2D eigenvalue weighted by Crippen LogP contribution is 2.31. The Morgan fingerprint density at radius 1 is 1.07 bits per heavy atom. The molecule has 1 N–H and O–H groups in total. The summed E-state index contributed by atoms with van der Waals surface area (Å²) in [6.07, 6.45) is 0. The van der Waals surface area contributed by atoms with Crippen LogP contribution in [0.2, 0.25) is 0 Å². The third kappa shape index (κ3) is 5.50. The van der Waals surface area contributed by atoms with Crippen molar-refractivity contribution in [1.29, 1.82) is 0 Å². The van der Waals surface area contributed by atoms with Gasteiger partial charge in [-0.05, 0) is 67.6 Å². The summed E-state index contributed by atoms with van der Waals surface area (Å²) < 4.78 is 33.6. The Labute approximate surface area is 173 Å². The summed E-state index contributed by atoms with van der Waals surface area (Å²) in [4.78, 5) is 12.6. The van der Waals surface area contributed by atoms with Gasteiger partial charge in [0.25, 0.3) is 10.0 Å². The second-order valence-electron chi connectivity index (χ2n) is 7.63. The molecule has 2 aromatic rings. The van der Waals surface area contributed by atoms with Crippen molar-refractivity contribution in [2.75, 3.05) is 24.5 Å². The molecule has 0 spiro atoms. The number of carbonyl (C=O) groups excluding carboxylic acids is 1. The van der Waals surface area contributed by atoms with Crippen LogP contribution in [0.4, 0.5) is 5.69 Å². The number of hydrogen-bond acceptors (Lipinski definition) is 4. The van der Waals surface area contributed by atoms with E-state index in [1.165, 1.54) is 7.11 Å². The maximum absolute atomic E-state index is 13.6. The molecular formula is C22H30N2O4S. The number of aryl methyl sites for hydroxylation is 3. The van der Waals surface area contributed by atoms with Gasteiger partial charge in [0.2, 0.25) is 5.91 Å². The van der Waals surface area contributed by atoms with Crippen LogP contribution in [0.1, 0.15) is 30.5 Å². The smallest absolute Gasteiger partial charge is 0.268 e. The molecule has 2 aromatic carbocycles. The molecule has 7 heteroatoms. The average Bonchev–Trinajstić information content (AvgIpc) is 2.66. The number of nitrogens with one attached hydrogen (secondary N) is 1. The van der Waals surface area contributed by atoms with Gasteiger partial charge in [-0.2, -0.15) is 0 Å². The molecule has 0 aliphatic carbocycles. The van der Waals surface area contributed by atoms with Crippen molar-refractivity contribution < 1.29 is 17.9 Å². The topological polar surface area (TPSA) is 75.7 Å². The highest BCUT2D eigenvalue weighted by atomic mass is 32.2. The number of anilines is 1. The minimum absolute atomic E-state index is 0.0369. The third-order valence-corrected chi connectivity index (χ3v) is 6.46. The van der Waals surface area contributed by atoms with Gasteiger partial charge in [-0.25, -0.2) is 8.42 Å². The Morgan fingerprint density at radius 3 is 2.34 bits per heavy atom. The Bertz CT molecular complexity index is 984. The number of carbonyl (C=O) groups is 1. The lowest BCUT2D eigenvalue weighted by molar-refractivity contribution is -0.119. The highest BCUT2D eigenvalue weighted by molar-refractivity contribution is 7.93. The Kier molecular flexibility index (Phi) is 7.30. The molecular weight excluding hydrogens is 388 g/mol. The van der Waals surface area contributed by atoms with Gasteiger partial charge in [0.1, 0.15) is 17.2 Å². The first-order valence-electron chi connectivity index (χ1n) is 9.57. The van der Waals surface area contributed by atoms with Crippen molar-refractivity contribution in [2.45, 2.75) is 39.5 Å². The van der Waals surface area contributed by atoms with Gasteiger partial charge >= 0.3 is 0 Å². The minimum Gasteiger partial charge on any atom is -0.495 e. The minimum atomic E-state index is -4.04. The zero-order chi connectivity index (χ0) is 21.8. The molecule has 158 valence electrons. The molecule has 0 fully saturated rings.